The van der Waals surface area contributed by atoms with E-state index in [-0.39, 0.29) is 23.7 Å². The van der Waals surface area contributed by atoms with E-state index >= 15 is 0 Å². The molecule has 4 nitrogen and oxygen atoms in total. The van der Waals surface area contributed by atoms with Gasteiger partial charge in [-0.3, -0.25) is 9.59 Å². The van der Waals surface area contributed by atoms with Crippen LogP contribution in [0.2, 0.25) is 0 Å². The van der Waals surface area contributed by atoms with Crippen LogP contribution in [-0.2, 0) is 16.1 Å². The summed E-state index contributed by atoms with van der Waals surface area (Å²) in [7, 11) is 0. The SMILES string of the molecule is O=C(NCc1ccccc1)C1CC1C(=O)N1CCCCCC1. The van der Waals surface area contributed by atoms with Gasteiger partial charge in [-0.25, -0.2) is 0 Å². The fraction of sp³-hybridized carbons (Fsp3) is 0.556. The smallest absolute Gasteiger partial charge is 0.226 e. The van der Waals surface area contributed by atoms with Crippen LogP contribution in [-0.4, -0.2) is 29.8 Å². The lowest BCUT2D eigenvalue weighted by Gasteiger charge is -2.20. The standard InChI is InChI=1S/C18H24N2O2/c21-17(19-13-14-8-4-3-5-9-14)15-12-16(15)18(22)20-10-6-1-2-7-11-20/h3-5,8-9,15-16H,1-2,6-7,10-13H2,(H,19,21). The van der Waals surface area contributed by atoms with Crippen molar-refractivity contribution in [3.8, 4) is 0 Å². The Morgan fingerprint density at radius 2 is 1.68 bits per heavy atom. The quantitative estimate of drug-likeness (QED) is 0.928. The van der Waals surface area contributed by atoms with Crippen LogP contribution >= 0.6 is 0 Å². The zero-order chi connectivity index (χ0) is 15.4. The molecule has 2 unspecified atom stereocenters. The summed E-state index contributed by atoms with van der Waals surface area (Å²) in [4.78, 5) is 26.6. The summed E-state index contributed by atoms with van der Waals surface area (Å²) < 4.78 is 0. The summed E-state index contributed by atoms with van der Waals surface area (Å²) in [6, 6.07) is 9.87. The van der Waals surface area contributed by atoms with Gasteiger partial charge in [0.25, 0.3) is 0 Å². The molecular formula is C18H24N2O2. The maximum Gasteiger partial charge on any atom is 0.226 e. The maximum absolute atomic E-state index is 12.4. The van der Waals surface area contributed by atoms with Crippen LogP contribution in [0.15, 0.2) is 30.3 Å². The molecule has 0 bridgehead atoms. The normalized spacial score (nSPS) is 24.5. The molecule has 1 saturated heterocycles. The molecule has 1 aliphatic heterocycles. The van der Waals surface area contributed by atoms with Crippen molar-refractivity contribution in [2.45, 2.75) is 38.6 Å². The molecule has 2 aliphatic rings. The Bertz CT molecular complexity index is 521. The number of hydrogen-bond acceptors (Lipinski definition) is 2. The lowest BCUT2D eigenvalue weighted by atomic mass is 10.2. The maximum atomic E-state index is 12.4. The van der Waals surface area contributed by atoms with Crippen LogP contribution < -0.4 is 5.32 Å². The summed E-state index contributed by atoms with van der Waals surface area (Å²) in [5.41, 5.74) is 1.09. The highest BCUT2D eigenvalue weighted by molar-refractivity contribution is 5.92. The van der Waals surface area contributed by atoms with Gasteiger partial charge in [-0.15, -0.1) is 0 Å². The zero-order valence-corrected chi connectivity index (χ0v) is 13.0. The third kappa shape index (κ3) is 3.67. The number of nitrogens with one attached hydrogen (secondary N) is 1. The van der Waals surface area contributed by atoms with Crippen molar-refractivity contribution in [2.24, 2.45) is 11.8 Å². The minimum Gasteiger partial charge on any atom is -0.352 e. The zero-order valence-electron chi connectivity index (χ0n) is 13.0. The largest absolute Gasteiger partial charge is 0.352 e. The van der Waals surface area contributed by atoms with Crippen molar-refractivity contribution >= 4 is 11.8 Å². The van der Waals surface area contributed by atoms with Crippen molar-refractivity contribution in [1.29, 1.82) is 0 Å². The average Bonchev–Trinajstić information content (AvgIpc) is 3.36. The van der Waals surface area contributed by atoms with Crippen molar-refractivity contribution in [3.63, 3.8) is 0 Å². The van der Waals surface area contributed by atoms with E-state index in [0.29, 0.717) is 6.54 Å². The molecule has 1 N–H and O–H groups in total. The van der Waals surface area contributed by atoms with Gasteiger partial charge in [0, 0.05) is 19.6 Å². The molecule has 0 aromatic heterocycles. The van der Waals surface area contributed by atoms with Gasteiger partial charge in [0.2, 0.25) is 11.8 Å². The second kappa shape index (κ2) is 6.95. The first kappa shape index (κ1) is 15.1. The fourth-order valence-corrected chi connectivity index (χ4v) is 3.20. The third-order valence-electron chi connectivity index (χ3n) is 4.67. The Kier molecular flexibility index (Phi) is 4.76. The number of carbonyl (C=O) groups excluding carboxylic acids is 2. The molecule has 1 heterocycles. The molecule has 1 aromatic carbocycles. The molecule has 2 fully saturated rings. The summed E-state index contributed by atoms with van der Waals surface area (Å²) in [5, 5.41) is 2.95. The number of hydrogen-bond donors (Lipinski definition) is 1. The average molecular weight is 300 g/mol. The molecule has 2 atom stereocenters. The topological polar surface area (TPSA) is 49.4 Å². The molecule has 3 rings (SSSR count). The first-order valence-corrected chi connectivity index (χ1v) is 8.36. The first-order chi connectivity index (χ1) is 10.8. The minimum atomic E-state index is -0.112. The van der Waals surface area contributed by atoms with Crippen LogP contribution in [0.4, 0.5) is 0 Å². The molecule has 1 aliphatic carbocycles. The van der Waals surface area contributed by atoms with Crippen molar-refractivity contribution < 1.29 is 9.59 Å². The van der Waals surface area contributed by atoms with Gasteiger partial charge in [-0.05, 0) is 24.8 Å². The van der Waals surface area contributed by atoms with E-state index in [1.807, 2.05) is 35.2 Å². The van der Waals surface area contributed by atoms with Gasteiger partial charge in [-0.1, -0.05) is 43.2 Å². The van der Waals surface area contributed by atoms with Gasteiger partial charge < -0.3 is 10.2 Å². The predicted molar refractivity (Wildman–Crippen MR) is 84.9 cm³/mol. The molecule has 1 saturated carbocycles. The van der Waals surface area contributed by atoms with E-state index in [4.69, 9.17) is 0 Å². The summed E-state index contributed by atoms with van der Waals surface area (Å²) >= 11 is 0. The monoisotopic (exact) mass is 300 g/mol. The van der Waals surface area contributed by atoms with Crippen molar-refractivity contribution in [2.75, 3.05) is 13.1 Å². The van der Waals surface area contributed by atoms with E-state index in [1.54, 1.807) is 0 Å². The molecule has 2 amide bonds. The Hall–Kier alpha value is -1.84. The molecule has 22 heavy (non-hydrogen) atoms. The highest BCUT2D eigenvalue weighted by Gasteiger charge is 2.49. The Balaban J connectivity index is 1.46. The summed E-state index contributed by atoms with van der Waals surface area (Å²) in [6.07, 6.45) is 5.35. The molecule has 0 radical (unpaired) electrons. The van der Waals surface area contributed by atoms with Crippen LogP contribution in [0, 0.1) is 11.8 Å². The van der Waals surface area contributed by atoms with Crippen molar-refractivity contribution in [3.05, 3.63) is 35.9 Å². The van der Waals surface area contributed by atoms with E-state index in [0.717, 1.165) is 37.9 Å². The van der Waals surface area contributed by atoms with E-state index in [9.17, 15) is 9.59 Å². The van der Waals surface area contributed by atoms with Crippen molar-refractivity contribution in [1.82, 2.24) is 10.2 Å². The number of nitrogens with zero attached hydrogens (tertiary/aromatic N) is 1. The second-order valence-corrected chi connectivity index (χ2v) is 6.39. The second-order valence-electron chi connectivity index (χ2n) is 6.39. The Morgan fingerprint density at radius 3 is 2.36 bits per heavy atom. The van der Waals surface area contributed by atoms with Gasteiger partial charge >= 0.3 is 0 Å². The molecule has 4 heteroatoms. The van der Waals surface area contributed by atoms with Crippen LogP contribution in [0.1, 0.15) is 37.7 Å². The van der Waals surface area contributed by atoms with Gasteiger partial charge in [0.1, 0.15) is 0 Å². The predicted octanol–water partition coefficient (Wildman–Crippen LogP) is 2.34. The number of carbonyl (C=O) groups is 2. The lowest BCUT2D eigenvalue weighted by molar-refractivity contribution is -0.134. The van der Waals surface area contributed by atoms with Crippen LogP contribution in [0.5, 0.6) is 0 Å². The summed E-state index contributed by atoms with van der Waals surface area (Å²) in [5.74, 6) is 0.0344. The minimum absolute atomic E-state index is 0.0250. The molecule has 118 valence electrons. The van der Waals surface area contributed by atoms with E-state index in [1.165, 1.54) is 12.8 Å². The van der Waals surface area contributed by atoms with Gasteiger partial charge in [0.05, 0.1) is 11.8 Å². The Labute approximate surface area is 131 Å². The fourth-order valence-electron chi connectivity index (χ4n) is 3.20. The molecule has 0 spiro atoms. The number of amides is 2. The first-order valence-electron chi connectivity index (χ1n) is 8.36. The summed E-state index contributed by atoms with van der Waals surface area (Å²) in [6.45, 7) is 2.28. The van der Waals surface area contributed by atoms with Crippen LogP contribution in [0.25, 0.3) is 0 Å². The molecule has 1 aromatic rings. The van der Waals surface area contributed by atoms with Crippen LogP contribution in [0.3, 0.4) is 0 Å². The van der Waals surface area contributed by atoms with E-state index in [2.05, 4.69) is 5.32 Å². The van der Waals surface area contributed by atoms with Gasteiger partial charge in [0.15, 0.2) is 0 Å². The lowest BCUT2D eigenvalue weighted by Crippen LogP contribution is -2.35. The highest BCUT2D eigenvalue weighted by Crippen LogP contribution is 2.40. The van der Waals surface area contributed by atoms with E-state index < -0.39 is 0 Å². The number of rotatable bonds is 4. The highest BCUT2D eigenvalue weighted by atomic mass is 16.2. The number of benzene rings is 1. The Morgan fingerprint density at radius 1 is 1.00 bits per heavy atom. The van der Waals surface area contributed by atoms with Gasteiger partial charge in [-0.2, -0.15) is 0 Å². The number of likely N-dealkylation sites (tertiary alicyclic amines) is 1. The third-order valence-corrected chi connectivity index (χ3v) is 4.67. The molecular weight excluding hydrogens is 276 g/mol.